The van der Waals surface area contributed by atoms with Crippen molar-refractivity contribution in [2.45, 2.75) is 17.1 Å². The lowest BCUT2D eigenvalue weighted by atomic mass is 10.0. The minimum atomic E-state index is -0.472. The van der Waals surface area contributed by atoms with Crippen molar-refractivity contribution in [3.63, 3.8) is 0 Å². The van der Waals surface area contributed by atoms with Gasteiger partial charge in [0.05, 0.1) is 5.25 Å². The zero-order valence-corrected chi connectivity index (χ0v) is 25.6. The molecule has 0 heterocycles. The average molecular weight is 651 g/mol. The van der Waals surface area contributed by atoms with E-state index in [0.29, 0.717) is 16.9 Å². The number of fused-ring (bicyclic) bond motifs is 1. The number of rotatable bonds is 9. The number of anilines is 2. The Kier molecular flexibility index (Phi) is 9.71. The van der Waals surface area contributed by atoms with Crippen molar-refractivity contribution >= 4 is 73.6 Å². The second-order valence-corrected chi connectivity index (χ2v) is 12.0. The Morgan fingerprint density at radius 1 is 0.744 bits per heavy atom. The van der Waals surface area contributed by atoms with Crippen LogP contribution in [0.5, 0.6) is 0 Å². The third-order valence-electron chi connectivity index (χ3n) is 6.54. The van der Waals surface area contributed by atoms with E-state index >= 15 is 0 Å². The molecule has 0 saturated heterocycles. The molecule has 3 amide bonds. The Balaban J connectivity index is 1.35. The first-order chi connectivity index (χ1) is 20.9. The van der Waals surface area contributed by atoms with Gasteiger partial charge < -0.3 is 16.0 Å². The van der Waals surface area contributed by atoms with Gasteiger partial charge in [-0.15, -0.1) is 11.8 Å². The molecule has 8 heteroatoms. The summed E-state index contributed by atoms with van der Waals surface area (Å²) in [6, 6.07) is 37.1. The molecule has 1 unspecified atom stereocenters. The van der Waals surface area contributed by atoms with Crippen LogP contribution in [0.1, 0.15) is 22.8 Å². The summed E-state index contributed by atoms with van der Waals surface area (Å²) in [5.41, 5.74) is 2.59. The maximum absolute atomic E-state index is 13.6. The quantitative estimate of drug-likeness (QED) is 0.111. The van der Waals surface area contributed by atoms with Gasteiger partial charge in [-0.3, -0.25) is 14.4 Å². The molecule has 0 aliphatic heterocycles. The second-order valence-electron chi connectivity index (χ2n) is 9.68. The molecule has 214 valence electrons. The lowest BCUT2D eigenvalue weighted by Gasteiger charge is -2.14. The number of nitrogens with one attached hydrogen (secondary N) is 3. The fourth-order valence-corrected chi connectivity index (χ4v) is 5.55. The number of amides is 3. The van der Waals surface area contributed by atoms with Crippen LogP contribution >= 0.6 is 27.7 Å². The van der Waals surface area contributed by atoms with E-state index in [1.54, 1.807) is 42.5 Å². The van der Waals surface area contributed by atoms with E-state index in [2.05, 4.69) is 31.9 Å². The Labute approximate surface area is 262 Å². The van der Waals surface area contributed by atoms with E-state index in [-0.39, 0.29) is 16.9 Å². The summed E-state index contributed by atoms with van der Waals surface area (Å²) in [6.45, 7) is 1.83. The van der Waals surface area contributed by atoms with Gasteiger partial charge in [-0.05, 0) is 83.9 Å². The molecule has 43 heavy (non-hydrogen) atoms. The van der Waals surface area contributed by atoms with E-state index in [9.17, 15) is 14.4 Å². The van der Waals surface area contributed by atoms with Crippen LogP contribution in [0.2, 0.25) is 0 Å². The number of thioether (sulfide) groups is 1. The molecule has 1 atom stereocenters. The molecule has 5 aromatic carbocycles. The predicted octanol–water partition coefficient (Wildman–Crippen LogP) is 8.13. The molecule has 0 aliphatic rings. The molecule has 0 spiro atoms. The normalized spacial score (nSPS) is 11.9. The van der Waals surface area contributed by atoms with Gasteiger partial charge in [0, 0.05) is 26.3 Å². The number of benzene rings is 5. The van der Waals surface area contributed by atoms with Crippen molar-refractivity contribution in [2.75, 3.05) is 10.6 Å². The number of hydrogen-bond donors (Lipinski definition) is 3. The maximum Gasteiger partial charge on any atom is 0.272 e. The summed E-state index contributed by atoms with van der Waals surface area (Å²) in [5.74, 6) is -0.997. The van der Waals surface area contributed by atoms with Crippen LogP contribution in [0.3, 0.4) is 0 Å². The molecule has 3 N–H and O–H groups in total. The van der Waals surface area contributed by atoms with Gasteiger partial charge in [0.25, 0.3) is 11.8 Å². The van der Waals surface area contributed by atoms with Crippen molar-refractivity contribution in [3.05, 3.63) is 143 Å². The molecule has 5 rings (SSSR count). The van der Waals surface area contributed by atoms with Crippen LogP contribution in [0, 0.1) is 0 Å². The van der Waals surface area contributed by atoms with E-state index in [1.165, 1.54) is 11.8 Å². The Morgan fingerprint density at radius 3 is 2.23 bits per heavy atom. The highest BCUT2D eigenvalue weighted by molar-refractivity contribution is 9.10. The van der Waals surface area contributed by atoms with Gasteiger partial charge in [-0.2, -0.15) is 0 Å². The Bertz CT molecular complexity index is 1800. The monoisotopic (exact) mass is 649 g/mol. The summed E-state index contributed by atoms with van der Waals surface area (Å²) in [7, 11) is 0. The first kappa shape index (κ1) is 29.8. The molecule has 0 radical (unpaired) electrons. The van der Waals surface area contributed by atoms with E-state index in [0.717, 1.165) is 25.7 Å². The number of carbonyl (C=O) groups excluding carboxylic acids is 3. The highest BCUT2D eigenvalue weighted by Gasteiger charge is 2.18. The third-order valence-corrected chi connectivity index (χ3v) is 8.16. The lowest BCUT2D eigenvalue weighted by molar-refractivity contribution is -0.115. The fourth-order valence-electron chi connectivity index (χ4n) is 4.35. The lowest BCUT2D eigenvalue weighted by Crippen LogP contribution is -2.30. The largest absolute Gasteiger partial charge is 0.325 e. The molecule has 5 aromatic rings. The molecule has 0 saturated carbocycles. The van der Waals surface area contributed by atoms with Crippen LogP contribution in [-0.2, 0) is 9.59 Å². The van der Waals surface area contributed by atoms with Gasteiger partial charge in [0.1, 0.15) is 5.70 Å². The van der Waals surface area contributed by atoms with Crippen molar-refractivity contribution in [1.29, 1.82) is 0 Å². The Morgan fingerprint density at radius 2 is 1.44 bits per heavy atom. The zero-order valence-electron chi connectivity index (χ0n) is 23.2. The van der Waals surface area contributed by atoms with Gasteiger partial charge in [0.2, 0.25) is 5.91 Å². The van der Waals surface area contributed by atoms with Crippen molar-refractivity contribution in [3.8, 4) is 0 Å². The van der Waals surface area contributed by atoms with E-state index < -0.39 is 11.8 Å². The number of hydrogen-bond acceptors (Lipinski definition) is 4. The fraction of sp³-hybridized carbons (Fsp3) is 0.0571. The second kappa shape index (κ2) is 14.0. The summed E-state index contributed by atoms with van der Waals surface area (Å²) < 4.78 is 0.932. The molecular weight excluding hydrogens is 622 g/mol. The third kappa shape index (κ3) is 8.00. The molecule has 0 aliphatic carbocycles. The first-order valence-electron chi connectivity index (χ1n) is 13.6. The minimum Gasteiger partial charge on any atom is -0.325 e. The van der Waals surface area contributed by atoms with E-state index in [1.807, 2.05) is 91.9 Å². The number of carbonyl (C=O) groups is 3. The molecule has 0 fully saturated rings. The van der Waals surface area contributed by atoms with Gasteiger partial charge in [-0.1, -0.05) is 82.7 Å². The highest BCUT2D eigenvalue weighted by atomic mass is 79.9. The summed E-state index contributed by atoms with van der Waals surface area (Å²) in [5, 5.41) is 10.2. The van der Waals surface area contributed by atoms with Crippen molar-refractivity contribution in [2.24, 2.45) is 0 Å². The van der Waals surface area contributed by atoms with Crippen LogP contribution < -0.4 is 16.0 Å². The van der Waals surface area contributed by atoms with Crippen molar-refractivity contribution in [1.82, 2.24) is 5.32 Å². The van der Waals surface area contributed by atoms with E-state index in [4.69, 9.17) is 0 Å². The average Bonchev–Trinajstić information content (AvgIpc) is 3.02. The predicted molar refractivity (Wildman–Crippen MR) is 179 cm³/mol. The zero-order chi connectivity index (χ0) is 30.2. The minimum absolute atomic E-state index is 0.102. The first-order valence-corrected chi connectivity index (χ1v) is 15.2. The topological polar surface area (TPSA) is 87.3 Å². The smallest absolute Gasteiger partial charge is 0.272 e. The molecule has 0 aromatic heterocycles. The van der Waals surface area contributed by atoms with Gasteiger partial charge in [0.15, 0.2) is 0 Å². The van der Waals surface area contributed by atoms with Crippen LogP contribution in [-0.4, -0.2) is 23.0 Å². The van der Waals surface area contributed by atoms with Crippen LogP contribution in [0.25, 0.3) is 16.8 Å². The SMILES string of the molecule is CC(Sc1cccc(NC(=O)/C(=C\c2cccc3ccccc23)NC(=O)c2ccccc2)c1)C(=O)Nc1ccc(Br)cc1. The summed E-state index contributed by atoms with van der Waals surface area (Å²) in [6.07, 6.45) is 1.69. The van der Waals surface area contributed by atoms with Gasteiger partial charge >= 0.3 is 0 Å². The summed E-state index contributed by atoms with van der Waals surface area (Å²) >= 11 is 4.77. The Hall–Kier alpha value is -4.66. The van der Waals surface area contributed by atoms with Gasteiger partial charge in [-0.25, -0.2) is 0 Å². The maximum atomic E-state index is 13.6. The van der Waals surface area contributed by atoms with Crippen LogP contribution in [0.15, 0.2) is 136 Å². The number of halogens is 1. The summed E-state index contributed by atoms with van der Waals surface area (Å²) in [4.78, 5) is 40.3. The highest BCUT2D eigenvalue weighted by Crippen LogP contribution is 2.27. The van der Waals surface area contributed by atoms with Crippen LogP contribution in [0.4, 0.5) is 11.4 Å². The molecule has 0 bridgehead atoms. The van der Waals surface area contributed by atoms with Crippen molar-refractivity contribution < 1.29 is 14.4 Å². The standard InChI is InChI=1S/C35H28BrN3O3S/c1-23(33(40)37-28-19-17-27(36)18-20-28)43-30-15-8-14-29(22-30)38-35(42)32(39-34(41)25-10-3-2-4-11-25)21-26-13-7-12-24-9-5-6-16-31(24)26/h2-23H,1H3,(H,37,40)(H,38,42)(H,39,41)/b32-21+. The molecule has 6 nitrogen and oxygen atoms in total. The molecular formula is C35H28BrN3O3S.